The number of aromatic nitrogens is 1. The maximum atomic E-state index is 6.23. The zero-order valence-corrected chi connectivity index (χ0v) is 15.1. The molecule has 1 N–H and O–H groups in total. The van der Waals surface area contributed by atoms with Crippen LogP contribution >= 0.6 is 0 Å². The zero-order chi connectivity index (χ0) is 17.3. The molecule has 0 aliphatic carbocycles. The van der Waals surface area contributed by atoms with Crippen molar-refractivity contribution >= 4 is 0 Å². The number of nitrogens with one attached hydrogen (secondary N) is 1. The first-order valence-corrected chi connectivity index (χ1v) is 9.21. The van der Waals surface area contributed by atoms with Crippen LogP contribution in [0.25, 0.3) is 0 Å². The Bertz CT molecular complexity index is 728. The van der Waals surface area contributed by atoms with Crippen molar-refractivity contribution in [3.8, 4) is 5.75 Å². The molecule has 5 nitrogen and oxygen atoms in total. The maximum Gasteiger partial charge on any atom is 0.137 e. The lowest BCUT2D eigenvalue weighted by atomic mass is 9.80. The maximum absolute atomic E-state index is 6.23. The lowest BCUT2D eigenvalue weighted by Gasteiger charge is -2.42. The number of nitrogens with zero attached hydrogens (tertiary/aromatic N) is 1. The molecular weight excluding hydrogens is 316 g/mol. The summed E-state index contributed by atoms with van der Waals surface area (Å²) >= 11 is 0. The summed E-state index contributed by atoms with van der Waals surface area (Å²) < 4.78 is 17.5. The Balaban J connectivity index is 1.46. The van der Waals surface area contributed by atoms with E-state index in [0.29, 0.717) is 6.61 Å². The van der Waals surface area contributed by atoms with Gasteiger partial charge in [0.25, 0.3) is 0 Å². The summed E-state index contributed by atoms with van der Waals surface area (Å²) in [7, 11) is 0. The highest BCUT2D eigenvalue weighted by Gasteiger charge is 2.38. The minimum atomic E-state index is -0.0892. The first kappa shape index (κ1) is 16.6. The largest absolute Gasteiger partial charge is 0.493 e. The van der Waals surface area contributed by atoms with E-state index in [-0.39, 0.29) is 5.60 Å². The minimum absolute atomic E-state index is 0.0892. The summed E-state index contributed by atoms with van der Waals surface area (Å²) in [5.41, 5.74) is 4.76. The van der Waals surface area contributed by atoms with Gasteiger partial charge in [0, 0.05) is 12.0 Å². The van der Waals surface area contributed by atoms with Crippen molar-refractivity contribution in [2.75, 3.05) is 26.3 Å². The van der Waals surface area contributed by atoms with Gasteiger partial charge in [0.15, 0.2) is 0 Å². The molecule has 1 spiro atoms. The van der Waals surface area contributed by atoms with Crippen LogP contribution in [-0.4, -0.2) is 31.5 Å². The highest BCUT2D eigenvalue weighted by Crippen LogP contribution is 2.41. The monoisotopic (exact) mass is 342 g/mol. The highest BCUT2D eigenvalue weighted by atomic mass is 16.5. The average Bonchev–Trinajstić information content (AvgIpc) is 2.95. The lowest BCUT2D eigenvalue weighted by molar-refractivity contribution is -0.0802. The molecule has 0 amide bonds. The van der Waals surface area contributed by atoms with E-state index in [0.717, 1.165) is 68.1 Å². The van der Waals surface area contributed by atoms with Gasteiger partial charge >= 0.3 is 0 Å². The van der Waals surface area contributed by atoms with E-state index in [1.54, 1.807) is 0 Å². The Morgan fingerprint density at radius 3 is 2.84 bits per heavy atom. The van der Waals surface area contributed by atoms with Crippen molar-refractivity contribution < 1.29 is 14.0 Å². The van der Waals surface area contributed by atoms with Crippen LogP contribution in [-0.2, 0) is 23.2 Å². The molecule has 25 heavy (non-hydrogen) atoms. The number of hydrogen-bond acceptors (Lipinski definition) is 5. The Labute approximate surface area is 148 Å². The van der Waals surface area contributed by atoms with E-state index in [4.69, 9.17) is 14.0 Å². The molecule has 2 aliphatic rings. The Kier molecular flexibility index (Phi) is 4.52. The van der Waals surface area contributed by atoms with Crippen molar-refractivity contribution in [2.24, 2.45) is 0 Å². The second-order valence-corrected chi connectivity index (χ2v) is 7.06. The predicted octanol–water partition coefficient (Wildman–Crippen LogP) is 3.06. The standard InChI is InChI=1S/C20H26N2O3/c1-14-18(15(2)25-22-14)6-11-23-17-3-4-19-16(13-17)5-12-24-20(19)7-9-21-10-8-20/h3-4,13,21H,5-12H2,1-2H3. The van der Waals surface area contributed by atoms with Crippen molar-refractivity contribution in [3.63, 3.8) is 0 Å². The highest BCUT2D eigenvalue weighted by molar-refractivity contribution is 5.41. The molecule has 1 fully saturated rings. The van der Waals surface area contributed by atoms with Gasteiger partial charge in [0.2, 0.25) is 0 Å². The molecule has 134 valence electrons. The first-order chi connectivity index (χ1) is 12.2. The van der Waals surface area contributed by atoms with E-state index in [2.05, 4.69) is 28.7 Å². The predicted molar refractivity (Wildman–Crippen MR) is 95.1 cm³/mol. The van der Waals surface area contributed by atoms with Crippen LogP contribution in [0.3, 0.4) is 0 Å². The van der Waals surface area contributed by atoms with Crippen LogP contribution in [0.4, 0.5) is 0 Å². The van der Waals surface area contributed by atoms with Gasteiger partial charge in [0.1, 0.15) is 11.5 Å². The van der Waals surface area contributed by atoms with Crippen LogP contribution in [0.1, 0.15) is 41.0 Å². The molecule has 2 aliphatic heterocycles. The summed E-state index contributed by atoms with van der Waals surface area (Å²) in [6.45, 7) is 7.41. The quantitative estimate of drug-likeness (QED) is 0.925. The van der Waals surface area contributed by atoms with Crippen molar-refractivity contribution in [1.29, 1.82) is 0 Å². The SMILES string of the molecule is Cc1noc(C)c1CCOc1ccc2c(c1)CCOC21CCNCC1. The van der Waals surface area contributed by atoms with Crippen LogP contribution in [0.15, 0.2) is 22.7 Å². The van der Waals surface area contributed by atoms with E-state index in [9.17, 15) is 0 Å². The molecule has 5 heteroatoms. The summed E-state index contributed by atoms with van der Waals surface area (Å²) in [4.78, 5) is 0. The third-order valence-corrected chi connectivity index (χ3v) is 5.53. The van der Waals surface area contributed by atoms with Crippen LogP contribution in [0.5, 0.6) is 5.75 Å². The number of rotatable bonds is 4. The molecule has 4 rings (SSSR count). The molecule has 0 atom stereocenters. The van der Waals surface area contributed by atoms with Gasteiger partial charge in [-0.1, -0.05) is 11.2 Å². The van der Waals surface area contributed by atoms with Crippen molar-refractivity contribution in [3.05, 3.63) is 46.3 Å². The molecule has 0 radical (unpaired) electrons. The van der Waals surface area contributed by atoms with Crippen molar-refractivity contribution in [2.45, 2.75) is 45.1 Å². The number of benzene rings is 1. The van der Waals surface area contributed by atoms with Gasteiger partial charge < -0.3 is 19.3 Å². The molecule has 3 heterocycles. The number of aryl methyl sites for hydroxylation is 2. The van der Waals surface area contributed by atoms with Gasteiger partial charge in [-0.25, -0.2) is 0 Å². The van der Waals surface area contributed by atoms with Crippen LogP contribution in [0.2, 0.25) is 0 Å². The third kappa shape index (κ3) is 3.18. The van der Waals surface area contributed by atoms with E-state index < -0.39 is 0 Å². The normalized spacial score (nSPS) is 19.0. The number of ether oxygens (including phenoxy) is 2. The number of hydrogen-bond donors (Lipinski definition) is 1. The molecule has 1 aromatic carbocycles. The minimum Gasteiger partial charge on any atom is -0.493 e. The second kappa shape index (κ2) is 6.81. The summed E-state index contributed by atoms with van der Waals surface area (Å²) in [5.74, 6) is 1.83. The summed E-state index contributed by atoms with van der Waals surface area (Å²) in [5, 5.41) is 7.43. The average molecular weight is 342 g/mol. The van der Waals surface area contributed by atoms with Crippen LogP contribution in [0, 0.1) is 13.8 Å². The van der Waals surface area contributed by atoms with Gasteiger partial charge in [-0.15, -0.1) is 0 Å². The zero-order valence-electron chi connectivity index (χ0n) is 15.1. The topological polar surface area (TPSA) is 56.5 Å². The lowest BCUT2D eigenvalue weighted by Crippen LogP contribution is -2.44. The van der Waals surface area contributed by atoms with Gasteiger partial charge in [-0.2, -0.15) is 0 Å². The summed E-state index contributed by atoms with van der Waals surface area (Å²) in [6, 6.07) is 6.50. The smallest absolute Gasteiger partial charge is 0.137 e. The van der Waals surface area contributed by atoms with E-state index >= 15 is 0 Å². The molecule has 2 aromatic rings. The molecule has 0 saturated carbocycles. The van der Waals surface area contributed by atoms with Crippen molar-refractivity contribution in [1.82, 2.24) is 10.5 Å². The summed E-state index contributed by atoms with van der Waals surface area (Å²) in [6.07, 6.45) is 3.88. The Morgan fingerprint density at radius 2 is 2.08 bits per heavy atom. The third-order valence-electron chi connectivity index (χ3n) is 5.53. The van der Waals surface area contributed by atoms with Gasteiger partial charge in [-0.05, 0) is 69.5 Å². The molecule has 0 unspecified atom stereocenters. The van der Waals surface area contributed by atoms with E-state index in [1.165, 1.54) is 11.1 Å². The molecule has 1 aromatic heterocycles. The Morgan fingerprint density at radius 1 is 1.24 bits per heavy atom. The first-order valence-electron chi connectivity index (χ1n) is 9.21. The van der Waals surface area contributed by atoms with Gasteiger partial charge in [0.05, 0.1) is 24.5 Å². The molecule has 1 saturated heterocycles. The fraction of sp³-hybridized carbons (Fsp3) is 0.550. The second-order valence-electron chi connectivity index (χ2n) is 7.06. The number of piperidine rings is 1. The van der Waals surface area contributed by atoms with Crippen LogP contribution < -0.4 is 10.1 Å². The fourth-order valence-corrected chi connectivity index (χ4v) is 4.12. The fourth-order valence-electron chi connectivity index (χ4n) is 4.12. The molecular formula is C20H26N2O3. The van der Waals surface area contributed by atoms with Gasteiger partial charge in [-0.3, -0.25) is 0 Å². The molecule has 0 bridgehead atoms. The van der Waals surface area contributed by atoms with E-state index in [1.807, 2.05) is 13.8 Å². The Hall–Kier alpha value is -1.85. The number of fused-ring (bicyclic) bond motifs is 2.